The fraction of sp³-hybridized carbons (Fsp3) is 0.400. The summed E-state index contributed by atoms with van der Waals surface area (Å²) in [6, 6.07) is 7.98. The van der Waals surface area contributed by atoms with E-state index in [1.54, 1.807) is 16.2 Å². The SMILES string of the molecule is CN(C)C(C)(C)C#CC(=O)N1CC(C(=O)Nc2csc3ccccc23)C1.[HH]. The van der Waals surface area contributed by atoms with Crippen molar-refractivity contribution in [2.45, 2.75) is 19.4 Å². The van der Waals surface area contributed by atoms with Crippen molar-refractivity contribution in [3.05, 3.63) is 29.6 Å². The minimum absolute atomic E-state index is 0. The van der Waals surface area contributed by atoms with E-state index in [4.69, 9.17) is 0 Å². The van der Waals surface area contributed by atoms with Gasteiger partial charge in [0.25, 0.3) is 5.91 Å². The fourth-order valence-corrected chi connectivity index (χ4v) is 3.41. The molecule has 1 saturated heterocycles. The zero-order valence-corrected chi connectivity index (χ0v) is 16.3. The van der Waals surface area contributed by atoms with E-state index in [0.29, 0.717) is 13.1 Å². The number of anilines is 1. The highest BCUT2D eigenvalue weighted by atomic mass is 32.1. The van der Waals surface area contributed by atoms with E-state index in [0.717, 1.165) is 15.8 Å². The average Bonchev–Trinajstić information content (AvgIpc) is 2.95. The van der Waals surface area contributed by atoms with Crippen LogP contribution in [0.4, 0.5) is 5.69 Å². The lowest BCUT2D eigenvalue weighted by atomic mass is 9.98. The standard InChI is InChI=1S/C20H23N3O2S.H2/c1-20(2,22(3)4)10-9-18(24)23-11-14(12-23)19(25)21-16-13-26-17-8-6-5-7-15(16)17;/h5-8,13-14H,11-12H2,1-4H3,(H,21,25);1H. The van der Waals surface area contributed by atoms with Crippen molar-refractivity contribution >= 4 is 38.9 Å². The van der Waals surface area contributed by atoms with Crippen molar-refractivity contribution in [2.24, 2.45) is 5.92 Å². The number of amides is 2. The molecule has 0 atom stereocenters. The van der Waals surface area contributed by atoms with Crippen molar-refractivity contribution in [1.82, 2.24) is 9.80 Å². The predicted molar refractivity (Wildman–Crippen MR) is 108 cm³/mol. The summed E-state index contributed by atoms with van der Waals surface area (Å²) in [5, 5.41) is 6.00. The van der Waals surface area contributed by atoms with Gasteiger partial charge in [-0.05, 0) is 39.9 Å². The van der Waals surface area contributed by atoms with Crippen molar-refractivity contribution in [2.75, 3.05) is 32.5 Å². The molecule has 1 aliphatic heterocycles. The molecule has 2 aromatic rings. The molecule has 1 N–H and O–H groups in total. The molecule has 1 aromatic carbocycles. The molecule has 0 saturated carbocycles. The third-order valence-electron chi connectivity index (χ3n) is 4.87. The number of carbonyl (C=O) groups excluding carboxylic acids is 2. The van der Waals surface area contributed by atoms with Gasteiger partial charge in [-0.1, -0.05) is 24.1 Å². The van der Waals surface area contributed by atoms with E-state index in [2.05, 4.69) is 17.2 Å². The minimum Gasteiger partial charge on any atom is -0.330 e. The molecule has 1 aliphatic rings. The Morgan fingerprint density at radius 3 is 2.69 bits per heavy atom. The van der Waals surface area contributed by atoms with Gasteiger partial charge in [0.15, 0.2) is 0 Å². The normalized spacial score (nSPS) is 14.7. The number of rotatable bonds is 3. The monoisotopic (exact) mass is 371 g/mol. The first-order chi connectivity index (χ1) is 12.3. The highest BCUT2D eigenvalue weighted by Gasteiger charge is 2.35. The molecule has 2 amide bonds. The lowest BCUT2D eigenvalue weighted by Crippen LogP contribution is -2.54. The summed E-state index contributed by atoms with van der Waals surface area (Å²) in [4.78, 5) is 28.2. The van der Waals surface area contributed by atoms with Gasteiger partial charge in [0, 0.05) is 30.0 Å². The number of nitrogens with one attached hydrogen (secondary N) is 1. The molecule has 1 fully saturated rings. The maximum Gasteiger partial charge on any atom is 0.298 e. The van der Waals surface area contributed by atoms with Crippen molar-refractivity contribution in [1.29, 1.82) is 0 Å². The Bertz CT molecular complexity index is 905. The van der Waals surface area contributed by atoms with Gasteiger partial charge in [-0.2, -0.15) is 0 Å². The van der Waals surface area contributed by atoms with Gasteiger partial charge in [-0.25, -0.2) is 0 Å². The van der Waals surface area contributed by atoms with Crippen LogP contribution in [0.5, 0.6) is 0 Å². The molecule has 3 rings (SSSR count). The molecule has 138 valence electrons. The third-order valence-corrected chi connectivity index (χ3v) is 5.84. The number of benzene rings is 1. The Balaban J connectivity index is 0.00000261. The molecular weight excluding hydrogens is 346 g/mol. The van der Waals surface area contributed by atoms with Crippen molar-refractivity contribution in [3.8, 4) is 11.8 Å². The van der Waals surface area contributed by atoms with Gasteiger partial charge in [0.2, 0.25) is 5.91 Å². The number of carbonyl (C=O) groups is 2. The number of hydrogen-bond donors (Lipinski definition) is 1. The molecule has 0 unspecified atom stereocenters. The van der Waals surface area contributed by atoms with E-state index in [9.17, 15) is 9.59 Å². The summed E-state index contributed by atoms with van der Waals surface area (Å²) < 4.78 is 1.15. The average molecular weight is 372 g/mol. The maximum absolute atomic E-state index is 12.4. The summed E-state index contributed by atoms with van der Waals surface area (Å²) >= 11 is 1.61. The van der Waals surface area contributed by atoms with Crippen LogP contribution in [0.25, 0.3) is 10.1 Å². The fourth-order valence-electron chi connectivity index (χ4n) is 2.52. The number of likely N-dealkylation sites (tertiary alicyclic amines) is 1. The Morgan fingerprint density at radius 1 is 1.31 bits per heavy atom. The lowest BCUT2D eigenvalue weighted by molar-refractivity contribution is -0.136. The quantitative estimate of drug-likeness (QED) is 0.844. The van der Waals surface area contributed by atoms with E-state index in [-0.39, 0.29) is 24.7 Å². The van der Waals surface area contributed by atoms with Crippen LogP contribution in [0.1, 0.15) is 15.3 Å². The van der Waals surface area contributed by atoms with Gasteiger partial charge in [-0.3, -0.25) is 14.5 Å². The van der Waals surface area contributed by atoms with Crippen molar-refractivity contribution in [3.63, 3.8) is 0 Å². The third kappa shape index (κ3) is 3.74. The van der Waals surface area contributed by atoms with Gasteiger partial charge >= 0.3 is 0 Å². The Morgan fingerprint density at radius 2 is 2.00 bits per heavy atom. The highest BCUT2D eigenvalue weighted by molar-refractivity contribution is 7.17. The molecule has 0 bridgehead atoms. The zero-order valence-electron chi connectivity index (χ0n) is 15.5. The Kier molecular flexibility index (Phi) is 5.03. The van der Waals surface area contributed by atoms with Crippen LogP contribution in [0.3, 0.4) is 0 Å². The van der Waals surface area contributed by atoms with Crippen LogP contribution in [-0.4, -0.2) is 54.3 Å². The van der Waals surface area contributed by atoms with Crippen molar-refractivity contribution < 1.29 is 11.0 Å². The molecule has 5 nitrogen and oxygen atoms in total. The maximum atomic E-state index is 12.4. The van der Waals surface area contributed by atoms with E-state index in [1.165, 1.54) is 0 Å². The minimum atomic E-state index is -0.364. The van der Waals surface area contributed by atoms with E-state index < -0.39 is 0 Å². The number of fused-ring (bicyclic) bond motifs is 1. The zero-order chi connectivity index (χ0) is 18.9. The molecule has 2 heterocycles. The summed E-state index contributed by atoms with van der Waals surface area (Å²) in [6.07, 6.45) is 0. The lowest BCUT2D eigenvalue weighted by Gasteiger charge is -2.37. The van der Waals surface area contributed by atoms with Crippen LogP contribution in [-0.2, 0) is 9.59 Å². The first-order valence-electron chi connectivity index (χ1n) is 8.54. The predicted octanol–water partition coefficient (Wildman–Crippen LogP) is 2.89. The van der Waals surface area contributed by atoms with Crippen LogP contribution in [0.15, 0.2) is 29.6 Å². The summed E-state index contributed by atoms with van der Waals surface area (Å²) in [5.74, 6) is 5.25. The molecule has 1 aromatic heterocycles. The first-order valence-corrected chi connectivity index (χ1v) is 9.42. The van der Waals surface area contributed by atoms with E-state index in [1.807, 2.05) is 62.5 Å². The van der Waals surface area contributed by atoms with Crippen LogP contribution in [0.2, 0.25) is 0 Å². The van der Waals surface area contributed by atoms with E-state index >= 15 is 0 Å². The highest BCUT2D eigenvalue weighted by Crippen LogP contribution is 2.30. The second-order valence-corrected chi connectivity index (χ2v) is 8.16. The first kappa shape index (κ1) is 18.4. The van der Waals surface area contributed by atoms with Crippen LogP contribution >= 0.6 is 11.3 Å². The Hall–Kier alpha value is -2.36. The molecule has 0 spiro atoms. The second-order valence-electron chi connectivity index (χ2n) is 7.25. The molecule has 0 aliphatic carbocycles. The molecular formula is C20H25N3O2S. The largest absolute Gasteiger partial charge is 0.330 e. The van der Waals surface area contributed by atoms with Gasteiger partial charge in [-0.15, -0.1) is 11.3 Å². The van der Waals surface area contributed by atoms with Crippen LogP contribution in [0, 0.1) is 17.8 Å². The summed E-state index contributed by atoms with van der Waals surface area (Å²) in [5.41, 5.74) is 0.477. The smallest absolute Gasteiger partial charge is 0.298 e. The molecule has 6 heteroatoms. The molecule has 0 radical (unpaired) electrons. The Labute approximate surface area is 159 Å². The summed E-state index contributed by atoms with van der Waals surface area (Å²) in [6.45, 7) is 4.77. The summed E-state index contributed by atoms with van der Waals surface area (Å²) in [7, 11) is 3.86. The van der Waals surface area contributed by atoms with Gasteiger partial charge < -0.3 is 10.2 Å². The van der Waals surface area contributed by atoms with Gasteiger partial charge in [0.1, 0.15) is 0 Å². The second kappa shape index (κ2) is 7.10. The van der Waals surface area contributed by atoms with Gasteiger partial charge in [0.05, 0.1) is 17.1 Å². The topological polar surface area (TPSA) is 52.7 Å². The van der Waals surface area contributed by atoms with Crippen LogP contribution < -0.4 is 5.32 Å². The number of nitrogens with zero attached hydrogens (tertiary/aromatic N) is 2. The number of hydrogen-bond acceptors (Lipinski definition) is 4. The number of thiophene rings is 1. The molecule has 26 heavy (non-hydrogen) atoms.